The van der Waals surface area contributed by atoms with Crippen LogP contribution in [0, 0.1) is 6.92 Å². The summed E-state index contributed by atoms with van der Waals surface area (Å²) in [5.41, 5.74) is 1.67. The van der Waals surface area contributed by atoms with Crippen LogP contribution >= 0.6 is 23.4 Å². The Balaban J connectivity index is 2.52. The van der Waals surface area contributed by atoms with Gasteiger partial charge in [-0.1, -0.05) is 11.6 Å². The molecule has 1 aromatic rings. The minimum Gasteiger partial charge on any atom is -0.325 e. The molecule has 1 rings (SSSR count). The van der Waals surface area contributed by atoms with Gasteiger partial charge in [0.25, 0.3) is 0 Å². The summed E-state index contributed by atoms with van der Waals surface area (Å²) in [7, 11) is 0. The Morgan fingerprint density at radius 3 is 2.67 bits per heavy atom. The van der Waals surface area contributed by atoms with Gasteiger partial charge in [0.05, 0.1) is 11.0 Å². The average molecular weight is 286 g/mol. The molecule has 0 fully saturated rings. The quantitative estimate of drug-likeness (QED) is 0.903. The third-order valence-corrected chi connectivity index (χ3v) is 4.00. The number of nitrogens with one attached hydrogen (secondary N) is 1. The number of rotatable bonds is 5. The zero-order valence-corrected chi connectivity index (χ0v) is 12.2. The first-order valence-electron chi connectivity index (χ1n) is 5.58. The number of thioether (sulfide) groups is 1. The zero-order valence-electron chi connectivity index (χ0n) is 10.6. The predicted molar refractivity (Wildman–Crippen MR) is 77.4 cm³/mol. The molecule has 3 nitrogen and oxygen atoms in total. The smallest absolute Gasteiger partial charge is 0.234 e. The van der Waals surface area contributed by atoms with Crippen LogP contribution in [0.15, 0.2) is 18.2 Å². The summed E-state index contributed by atoms with van der Waals surface area (Å²) in [5, 5.41) is 3.29. The van der Waals surface area contributed by atoms with E-state index in [0.717, 1.165) is 11.3 Å². The van der Waals surface area contributed by atoms with Crippen LogP contribution < -0.4 is 5.32 Å². The van der Waals surface area contributed by atoms with Crippen molar-refractivity contribution in [1.29, 1.82) is 0 Å². The second-order valence-corrected chi connectivity index (χ2v) is 5.84. The minimum atomic E-state index is -0.151. The first-order valence-corrected chi connectivity index (χ1v) is 7.01. The fourth-order valence-electron chi connectivity index (χ4n) is 1.27. The van der Waals surface area contributed by atoms with E-state index in [2.05, 4.69) is 5.32 Å². The molecule has 0 saturated carbocycles. The first-order chi connectivity index (χ1) is 8.40. The number of hydrogen-bond acceptors (Lipinski definition) is 3. The largest absolute Gasteiger partial charge is 0.325 e. The summed E-state index contributed by atoms with van der Waals surface area (Å²) in [6.45, 7) is 5.21. The minimum absolute atomic E-state index is 0.0791. The van der Waals surface area contributed by atoms with Gasteiger partial charge in [-0.05, 0) is 44.5 Å². The Labute approximate surface area is 116 Å². The highest BCUT2D eigenvalue weighted by Gasteiger charge is 2.11. The number of ketones is 1. The molecule has 18 heavy (non-hydrogen) atoms. The van der Waals surface area contributed by atoms with E-state index in [0.29, 0.717) is 5.02 Å². The van der Waals surface area contributed by atoms with Gasteiger partial charge in [-0.2, -0.15) is 0 Å². The van der Waals surface area contributed by atoms with Gasteiger partial charge in [-0.15, -0.1) is 11.8 Å². The van der Waals surface area contributed by atoms with Gasteiger partial charge in [-0.25, -0.2) is 0 Å². The van der Waals surface area contributed by atoms with Crippen LogP contribution in [0.1, 0.15) is 19.4 Å². The Morgan fingerprint density at radius 2 is 2.11 bits per heavy atom. The second kappa shape index (κ2) is 6.81. The molecule has 1 atom stereocenters. The van der Waals surface area contributed by atoms with E-state index < -0.39 is 0 Å². The standard InChI is InChI=1S/C13H16ClNO2S/c1-8-6-11(14)4-5-12(8)15-13(17)7-18-10(3)9(2)16/h4-6,10H,7H2,1-3H3,(H,15,17). The molecule has 1 amide bonds. The van der Waals surface area contributed by atoms with Gasteiger partial charge in [0, 0.05) is 10.7 Å². The molecule has 0 radical (unpaired) electrons. The summed E-state index contributed by atoms with van der Waals surface area (Å²) in [6, 6.07) is 5.30. The summed E-state index contributed by atoms with van der Waals surface area (Å²) < 4.78 is 0. The fraction of sp³-hybridized carbons (Fsp3) is 0.385. The lowest BCUT2D eigenvalue weighted by molar-refractivity contribution is -0.116. The van der Waals surface area contributed by atoms with Gasteiger partial charge >= 0.3 is 0 Å². The number of aryl methyl sites for hydroxylation is 1. The molecule has 98 valence electrons. The van der Waals surface area contributed by atoms with E-state index in [4.69, 9.17) is 11.6 Å². The van der Waals surface area contributed by atoms with Crippen LogP contribution in [0.2, 0.25) is 5.02 Å². The molecule has 0 saturated heterocycles. The van der Waals surface area contributed by atoms with Crippen molar-refractivity contribution in [3.63, 3.8) is 0 Å². The molecule has 5 heteroatoms. The number of anilines is 1. The lowest BCUT2D eigenvalue weighted by Gasteiger charge is -2.10. The van der Waals surface area contributed by atoms with Gasteiger partial charge in [0.2, 0.25) is 5.91 Å². The van der Waals surface area contributed by atoms with E-state index in [1.54, 1.807) is 25.1 Å². The van der Waals surface area contributed by atoms with E-state index in [1.807, 2.05) is 6.92 Å². The third kappa shape index (κ3) is 4.70. The van der Waals surface area contributed by atoms with E-state index >= 15 is 0 Å². The first kappa shape index (κ1) is 15.1. The van der Waals surface area contributed by atoms with E-state index in [-0.39, 0.29) is 22.7 Å². The molecule has 0 aliphatic heterocycles. The van der Waals surface area contributed by atoms with Crippen molar-refractivity contribution in [3.05, 3.63) is 28.8 Å². The van der Waals surface area contributed by atoms with Crippen LogP contribution in [0.4, 0.5) is 5.69 Å². The zero-order chi connectivity index (χ0) is 13.7. The van der Waals surface area contributed by atoms with Gasteiger partial charge in [0.1, 0.15) is 5.78 Å². The van der Waals surface area contributed by atoms with Crippen molar-refractivity contribution in [3.8, 4) is 0 Å². The Kier molecular flexibility index (Phi) is 5.69. The molecule has 0 bridgehead atoms. The van der Waals surface area contributed by atoms with Crippen molar-refractivity contribution < 1.29 is 9.59 Å². The molecule has 0 aliphatic rings. The topological polar surface area (TPSA) is 46.2 Å². The molecule has 0 spiro atoms. The number of halogens is 1. The molecule has 1 aromatic carbocycles. The molecule has 1 unspecified atom stereocenters. The lowest BCUT2D eigenvalue weighted by Crippen LogP contribution is -2.18. The molecular weight excluding hydrogens is 270 g/mol. The fourth-order valence-corrected chi connectivity index (χ4v) is 2.21. The number of carbonyl (C=O) groups excluding carboxylic acids is 2. The second-order valence-electron chi connectivity index (χ2n) is 4.07. The van der Waals surface area contributed by atoms with Gasteiger partial charge < -0.3 is 5.32 Å². The molecule has 0 aromatic heterocycles. The van der Waals surface area contributed by atoms with Crippen molar-refractivity contribution in [2.75, 3.05) is 11.1 Å². The summed E-state index contributed by atoms with van der Waals surface area (Å²) >= 11 is 7.17. The van der Waals surface area contributed by atoms with Crippen LogP contribution in [0.25, 0.3) is 0 Å². The highest BCUT2D eigenvalue weighted by molar-refractivity contribution is 8.01. The summed E-state index contributed by atoms with van der Waals surface area (Å²) in [4.78, 5) is 22.7. The SMILES string of the molecule is CC(=O)C(C)SCC(=O)Nc1ccc(Cl)cc1C. The van der Waals surface area contributed by atoms with E-state index in [1.165, 1.54) is 18.7 Å². The molecule has 1 N–H and O–H groups in total. The predicted octanol–water partition coefficient (Wildman–Crippen LogP) is 3.30. The Morgan fingerprint density at radius 1 is 1.44 bits per heavy atom. The van der Waals surface area contributed by atoms with Gasteiger partial charge in [0.15, 0.2) is 0 Å². The van der Waals surface area contributed by atoms with Crippen LogP contribution in [0.5, 0.6) is 0 Å². The lowest BCUT2D eigenvalue weighted by atomic mass is 10.2. The maximum absolute atomic E-state index is 11.7. The summed E-state index contributed by atoms with van der Waals surface area (Å²) in [5.74, 6) is 0.233. The molecule has 0 aliphatic carbocycles. The number of amides is 1. The number of Topliss-reactive ketones (excluding diaryl/α,β-unsaturated/α-hetero) is 1. The number of benzene rings is 1. The van der Waals surface area contributed by atoms with Crippen molar-refractivity contribution >= 4 is 40.7 Å². The maximum atomic E-state index is 11.7. The molecule has 0 heterocycles. The Hall–Kier alpha value is -1.00. The van der Waals surface area contributed by atoms with E-state index in [9.17, 15) is 9.59 Å². The highest BCUT2D eigenvalue weighted by atomic mass is 35.5. The van der Waals surface area contributed by atoms with Crippen molar-refractivity contribution in [1.82, 2.24) is 0 Å². The van der Waals surface area contributed by atoms with Gasteiger partial charge in [-0.3, -0.25) is 9.59 Å². The van der Waals surface area contributed by atoms with Crippen molar-refractivity contribution in [2.45, 2.75) is 26.0 Å². The van der Waals surface area contributed by atoms with Crippen LogP contribution in [0.3, 0.4) is 0 Å². The average Bonchev–Trinajstić information content (AvgIpc) is 2.29. The molecular formula is C13H16ClNO2S. The summed E-state index contributed by atoms with van der Waals surface area (Å²) in [6.07, 6.45) is 0. The van der Waals surface area contributed by atoms with Crippen molar-refractivity contribution in [2.24, 2.45) is 0 Å². The Bertz CT molecular complexity index is 462. The number of carbonyl (C=O) groups is 2. The van der Waals surface area contributed by atoms with Crippen LogP contribution in [-0.4, -0.2) is 22.7 Å². The van der Waals surface area contributed by atoms with Crippen LogP contribution in [-0.2, 0) is 9.59 Å². The number of hydrogen-bond donors (Lipinski definition) is 1. The normalized spacial score (nSPS) is 12.0. The monoisotopic (exact) mass is 285 g/mol. The maximum Gasteiger partial charge on any atom is 0.234 e. The highest BCUT2D eigenvalue weighted by Crippen LogP contribution is 2.20. The third-order valence-electron chi connectivity index (χ3n) is 2.50.